The Balaban J connectivity index is 1.67. The van der Waals surface area contributed by atoms with Gasteiger partial charge < -0.3 is 15.6 Å². The first-order valence-electron chi connectivity index (χ1n) is 7.11. The SMILES string of the molecule is Nc1cc(Cl)ccc1C(O)CCc1ccc2c(c1)CCO2. The summed E-state index contributed by atoms with van der Waals surface area (Å²) in [7, 11) is 0. The highest BCUT2D eigenvalue weighted by atomic mass is 35.5. The van der Waals surface area contributed by atoms with Crippen LogP contribution in [0.25, 0.3) is 0 Å². The number of nitrogen functional groups attached to an aromatic ring is 1. The largest absolute Gasteiger partial charge is 0.493 e. The van der Waals surface area contributed by atoms with E-state index in [2.05, 4.69) is 12.1 Å². The van der Waals surface area contributed by atoms with Gasteiger partial charge in [-0.1, -0.05) is 29.8 Å². The van der Waals surface area contributed by atoms with Crippen molar-refractivity contribution in [1.82, 2.24) is 0 Å². The summed E-state index contributed by atoms with van der Waals surface area (Å²) in [5, 5.41) is 10.9. The van der Waals surface area contributed by atoms with Crippen LogP contribution in [0.5, 0.6) is 5.75 Å². The smallest absolute Gasteiger partial charge is 0.122 e. The summed E-state index contributed by atoms with van der Waals surface area (Å²) in [4.78, 5) is 0. The van der Waals surface area contributed by atoms with E-state index in [1.807, 2.05) is 6.07 Å². The fourth-order valence-electron chi connectivity index (χ4n) is 2.70. The van der Waals surface area contributed by atoms with Crippen LogP contribution in [0.3, 0.4) is 0 Å². The van der Waals surface area contributed by atoms with Crippen LogP contribution in [-0.2, 0) is 12.8 Å². The molecular formula is C17H18ClNO2. The van der Waals surface area contributed by atoms with E-state index in [0.717, 1.165) is 30.8 Å². The quantitative estimate of drug-likeness (QED) is 0.850. The first-order chi connectivity index (χ1) is 10.1. The lowest BCUT2D eigenvalue weighted by Gasteiger charge is -2.14. The topological polar surface area (TPSA) is 55.5 Å². The number of halogens is 1. The molecule has 3 rings (SSSR count). The Morgan fingerprint density at radius 2 is 2.10 bits per heavy atom. The predicted octanol–water partition coefficient (Wildman–Crippen LogP) is 3.52. The van der Waals surface area contributed by atoms with Crippen LogP contribution in [0.1, 0.15) is 29.2 Å². The van der Waals surface area contributed by atoms with E-state index in [9.17, 15) is 5.11 Å². The average molecular weight is 304 g/mol. The highest BCUT2D eigenvalue weighted by Crippen LogP contribution is 2.29. The number of aliphatic hydroxyl groups is 1. The Labute approximate surface area is 129 Å². The van der Waals surface area contributed by atoms with Gasteiger partial charge in [0, 0.05) is 22.7 Å². The van der Waals surface area contributed by atoms with Gasteiger partial charge in [-0.25, -0.2) is 0 Å². The maximum absolute atomic E-state index is 10.3. The molecule has 2 aromatic carbocycles. The van der Waals surface area contributed by atoms with Crippen molar-refractivity contribution in [2.45, 2.75) is 25.4 Å². The van der Waals surface area contributed by atoms with Crippen molar-refractivity contribution >= 4 is 17.3 Å². The summed E-state index contributed by atoms with van der Waals surface area (Å²) in [6.07, 6.45) is 1.82. The number of hydrogen-bond donors (Lipinski definition) is 2. The van der Waals surface area contributed by atoms with Crippen molar-refractivity contribution in [3.05, 3.63) is 58.1 Å². The molecule has 3 nitrogen and oxygen atoms in total. The maximum Gasteiger partial charge on any atom is 0.122 e. The Morgan fingerprint density at radius 1 is 1.24 bits per heavy atom. The summed E-state index contributed by atoms with van der Waals surface area (Å²) < 4.78 is 5.50. The van der Waals surface area contributed by atoms with E-state index in [4.69, 9.17) is 22.1 Å². The molecule has 3 N–H and O–H groups in total. The Bertz CT molecular complexity index is 657. The number of nitrogens with two attached hydrogens (primary N) is 1. The lowest BCUT2D eigenvalue weighted by Crippen LogP contribution is -2.03. The maximum atomic E-state index is 10.3. The number of hydrogen-bond acceptors (Lipinski definition) is 3. The molecule has 1 atom stereocenters. The zero-order valence-electron chi connectivity index (χ0n) is 11.7. The molecule has 1 unspecified atom stereocenters. The molecule has 0 bridgehead atoms. The van der Waals surface area contributed by atoms with Crippen LogP contribution in [0, 0.1) is 0 Å². The molecule has 1 aliphatic heterocycles. The Hall–Kier alpha value is -1.71. The number of fused-ring (bicyclic) bond motifs is 1. The molecule has 0 aliphatic carbocycles. The number of benzene rings is 2. The second kappa shape index (κ2) is 5.96. The summed E-state index contributed by atoms with van der Waals surface area (Å²) >= 11 is 5.88. The molecule has 0 radical (unpaired) electrons. The minimum absolute atomic E-state index is 0.539. The van der Waals surface area contributed by atoms with Crippen LogP contribution in [0.15, 0.2) is 36.4 Å². The third kappa shape index (κ3) is 3.14. The van der Waals surface area contributed by atoms with Crippen molar-refractivity contribution in [3.63, 3.8) is 0 Å². The van der Waals surface area contributed by atoms with E-state index in [-0.39, 0.29) is 0 Å². The average Bonchev–Trinajstić information content (AvgIpc) is 2.92. The zero-order chi connectivity index (χ0) is 14.8. The molecule has 21 heavy (non-hydrogen) atoms. The van der Waals surface area contributed by atoms with Crippen molar-refractivity contribution in [2.75, 3.05) is 12.3 Å². The van der Waals surface area contributed by atoms with Gasteiger partial charge in [0.15, 0.2) is 0 Å². The lowest BCUT2D eigenvalue weighted by molar-refractivity contribution is 0.168. The summed E-state index contributed by atoms with van der Waals surface area (Å²) in [5.74, 6) is 0.987. The van der Waals surface area contributed by atoms with Gasteiger partial charge >= 0.3 is 0 Å². The third-order valence-electron chi connectivity index (χ3n) is 3.87. The van der Waals surface area contributed by atoms with Crippen LogP contribution >= 0.6 is 11.6 Å². The van der Waals surface area contributed by atoms with Crippen LogP contribution in [0.2, 0.25) is 5.02 Å². The summed E-state index contributed by atoms with van der Waals surface area (Å²) in [6, 6.07) is 11.5. The van der Waals surface area contributed by atoms with E-state index in [1.165, 1.54) is 11.1 Å². The van der Waals surface area contributed by atoms with Crippen LogP contribution in [-0.4, -0.2) is 11.7 Å². The highest BCUT2D eigenvalue weighted by Gasteiger charge is 2.14. The van der Waals surface area contributed by atoms with Crippen molar-refractivity contribution in [3.8, 4) is 5.75 Å². The molecule has 0 saturated heterocycles. The number of anilines is 1. The molecule has 0 aromatic heterocycles. The van der Waals surface area contributed by atoms with Gasteiger partial charge in [0.05, 0.1) is 12.7 Å². The molecule has 1 aliphatic rings. The molecule has 0 fully saturated rings. The molecular weight excluding hydrogens is 286 g/mol. The second-order valence-corrected chi connectivity index (χ2v) is 5.80. The van der Waals surface area contributed by atoms with E-state index >= 15 is 0 Å². The third-order valence-corrected chi connectivity index (χ3v) is 4.10. The van der Waals surface area contributed by atoms with Gasteiger partial charge in [-0.05, 0) is 42.2 Å². The van der Waals surface area contributed by atoms with Crippen molar-refractivity contribution in [1.29, 1.82) is 0 Å². The molecule has 1 heterocycles. The molecule has 2 aromatic rings. The van der Waals surface area contributed by atoms with Gasteiger partial charge in [0.25, 0.3) is 0 Å². The predicted molar refractivity (Wildman–Crippen MR) is 84.8 cm³/mol. The van der Waals surface area contributed by atoms with E-state index < -0.39 is 6.10 Å². The van der Waals surface area contributed by atoms with Crippen molar-refractivity contribution < 1.29 is 9.84 Å². The van der Waals surface area contributed by atoms with Gasteiger partial charge in [0.2, 0.25) is 0 Å². The molecule has 0 amide bonds. The Morgan fingerprint density at radius 3 is 2.90 bits per heavy atom. The Kier molecular flexibility index (Phi) is 4.04. The monoisotopic (exact) mass is 303 g/mol. The minimum Gasteiger partial charge on any atom is -0.493 e. The van der Waals surface area contributed by atoms with Crippen LogP contribution < -0.4 is 10.5 Å². The fourth-order valence-corrected chi connectivity index (χ4v) is 2.88. The fraction of sp³-hybridized carbons (Fsp3) is 0.294. The summed E-state index contributed by atoms with van der Waals surface area (Å²) in [5.41, 5.74) is 9.65. The second-order valence-electron chi connectivity index (χ2n) is 5.37. The first kappa shape index (κ1) is 14.2. The molecule has 110 valence electrons. The molecule has 0 saturated carbocycles. The minimum atomic E-state index is -0.577. The number of rotatable bonds is 4. The number of aliphatic hydroxyl groups excluding tert-OH is 1. The number of ether oxygens (including phenoxy) is 1. The highest BCUT2D eigenvalue weighted by molar-refractivity contribution is 6.30. The van der Waals surface area contributed by atoms with Crippen molar-refractivity contribution in [2.24, 2.45) is 0 Å². The van der Waals surface area contributed by atoms with Gasteiger partial charge in [0.1, 0.15) is 5.75 Å². The normalized spacial score (nSPS) is 14.6. The van der Waals surface area contributed by atoms with E-state index in [1.54, 1.807) is 18.2 Å². The van der Waals surface area contributed by atoms with Crippen LogP contribution in [0.4, 0.5) is 5.69 Å². The first-order valence-corrected chi connectivity index (χ1v) is 7.49. The van der Waals surface area contributed by atoms with E-state index in [0.29, 0.717) is 17.1 Å². The standard InChI is InChI=1S/C17H18ClNO2/c18-13-3-4-14(15(19)10-13)16(20)5-1-11-2-6-17-12(9-11)7-8-21-17/h2-4,6,9-10,16,20H,1,5,7-8,19H2. The van der Waals surface area contributed by atoms with Gasteiger partial charge in [-0.3, -0.25) is 0 Å². The number of aryl methyl sites for hydroxylation is 1. The van der Waals surface area contributed by atoms with Gasteiger partial charge in [-0.2, -0.15) is 0 Å². The lowest BCUT2D eigenvalue weighted by atomic mass is 9.98. The molecule has 0 spiro atoms. The summed E-state index contributed by atoms with van der Waals surface area (Å²) in [6.45, 7) is 0.767. The molecule has 4 heteroatoms. The zero-order valence-corrected chi connectivity index (χ0v) is 12.4. The van der Waals surface area contributed by atoms with Gasteiger partial charge in [-0.15, -0.1) is 0 Å².